The van der Waals surface area contributed by atoms with Crippen LogP contribution in [0.2, 0.25) is 0 Å². The summed E-state index contributed by atoms with van der Waals surface area (Å²) in [6.45, 7) is 7.15. The molecule has 2 N–H and O–H groups in total. The lowest BCUT2D eigenvalue weighted by molar-refractivity contribution is 0.112. The molecule has 218 valence electrons. The van der Waals surface area contributed by atoms with Crippen LogP contribution in [0.15, 0.2) is 72.8 Å². The fraction of sp³-hybridized carbons (Fsp3) is 0.353. The predicted molar refractivity (Wildman–Crippen MR) is 168 cm³/mol. The summed E-state index contributed by atoms with van der Waals surface area (Å²) >= 11 is 0. The largest absolute Gasteiger partial charge is 0.465 e. The number of hydrogen-bond donors (Lipinski definition) is 2. The number of hydrogen-bond acceptors (Lipinski definition) is 5. The van der Waals surface area contributed by atoms with Crippen molar-refractivity contribution in [2.24, 2.45) is 0 Å². The molecule has 42 heavy (non-hydrogen) atoms. The van der Waals surface area contributed by atoms with Gasteiger partial charge in [-0.3, -0.25) is 9.69 Å². The lowest BCUT2D eigenvalue weighted by Crippen LogP contribution is -2.49. The van der Waals surface area contributed by atoms with Crippen molar-refractivity contribution < 1.29 is 14.7 Å². The van der Waals surface area contributed by atoms with Crippen LogP contribution in [0.5, 0.6) is 0 Å². The Morgan fingerprint density at radius 2 is 1.76 bits per heavy atom. The van der Waals surface area contributed by atoms with Crippen LogP contribution < -0.4 is 10.2 Å². The number of nitrogens with one attached hydrogen (secondary N) is 1. The fourth-order valence-corrected chi connectivity index (χ4v) is 5.90. The summed E-state index contributed by atoms with van der Waals surface area (Å²) < 4.78 is 1.83. The molecule has 0 atom stereocenters. The fourth-order valence-electron chi connectivity index (χ4n) is 5.90. The highest BCUT2D eigenvalue weighted by Crippen LogP contribution is 2.37. The third kappa shape index (κ3) is 6.94. The zero-order valence-corrected chi connectivity index (χ0v) is 24.5. The maximum Gasteiger partial charge on any atom is 0.412 e. The van der Waals surface area contributed by atoms with Gasteiger partial charge in [-0.25, -0.2) is 9.48 Å². The first kappa shape index (κ1) is 29.2. The molecule has 5 rings (SSSR count). The second kappa shape index (κ2) is 12.7. The minimum absolute atomic E-state index is 0.0338. The molecule has 1 saturated carbocycles. The van der Waals surface area contributed by atoms with Crippen LogP contribution in [0, 0.1) is 0 Å². The van der Waals surface area contributed by atoms with E-state index in [1.807, 2.05) is 65.4 Å². The van der Waals surface area contributed by atoms with Gasteiger partial charge in [0.25, 0.3) is 0 Å². The number of allylic oxidation sites excluding steroid dienone is 1. The third-order valence-corrected chi connectivity index (χ3v) is 7.76. The SMILES string of the molecule is CC(C)(C)NC1CCC(N(C(=O)O)c2cc(/C=C/CCn3nnc4cc(C=O)ccc43)ccc2-c2ccccc2)CC1. The molecule has 1 heterocycles. The monoisotopic (exact) mass is 565 g/mol. The average molecular weight is 566 g/mol. The molecule has 0 bridgehead atoms. The molecule has 4 aromatic rings. The Kier molecular flexibility index (Phi) is 8.83. The number of benzene rings is 3. The van der Waals surface area contributed by atoms with Crippen molar-refractivity contribution in [3.8, 4) is 11.1 Å². The first-order valence-electron chi connectivity index (χ1n) is 14.7. The van der Waals surface area contributed by atoms with Gasteiger partial charge >= 0.3 is 6.09 Å². The highest BCUT2D eigenvalue weighted by Gasteiger charge is 2.32. The molecular formula is C34H39N5O3. The lowest BCUT2D eigenvalue weighted by atomic mass is 9.88. The number of rotatable bonds is 9. The number of anilines is 1. The number of aryl methyl sites for hydroxylation is 1. The van der Waals surface area contributed by atoms with Crippen LogP contribution in [0.4, 0.5) is 10.5 Å². The van der Waals surface area contributed by atoms with E-state index in [2.05, 4.69) is 42.5 Å². The van der Waals surface area contributed by atoms with Crippen LogP contribution in [0.1, 0.15) is 68.8 Å². The summed E-state index contributed by atoms with van der Waals surface area (Å²) in [5.74, 6) is 0. The van der Waals surface area contributed by atoms with E-state index in [9.17, 15) is 14.7 Å². The Morgan fingerprint density at radius 3 is 2.45 bits per heavy atom. The summed E-state index contributed by atoms with van der Waals surface area (Å²) in [6, 6.07) is 21.7. The lowest BCUT2D eigenvalue weighted by Gasteiger charge is -2.38. The number of carboxylic acid groups (broad SMARTS) is 1. The minimum atomic E-state index is -0.920. The number of fused-ring (bicyclic) bond motifs is 1. The van der Waals surface area contributed by atoms with Gasteiger partial charge in [-0.1, -0.05) is 59.8 Å². The highest BCUT2D eigenvalue weighted by molar-refractivity contribution is 5.94. The zero-order valence-electron chi connectivity index (χ0n) is 24.5. The Morgan fingerprint density at radius 1 is 1.02 bits per heavy atom. The van der Waals surface area contributed by atoms with E-state index >= 15 is 0 Å². The molecule has 1 aromatic heterocycles. The van der Waals surface area contributed by atoms with Gasteiger partial charge in [-0.15, -0.1) is 5.10 Å². The summed E-state index contributed by atoms with van der Waals surface area (Å²) in [4.78, 5) is 25.5. The molecular weight excluding hydrogens is 526 g/mol. The van der Waals surface area contributed by atoms with E-state index < -0.39 is 6.09 Å². The molecule has 0 spiro atoms. The van der Waals surface area contributed by atoms with Crippen LogP contribution in [-0.4, -0.2) is 50.1 Å². The first-order chi connectivity index (χ1) is 20.2. The second-order valence-corrected chi connectivity index (χ2v) is 12.1. The van der Waals surface area contributed by atoms with Gasteiger partial charge in [0, 0.05) is 35.3 Å². The topological polar surface area (TPSA) is 100 Å². The van der Waals surface area contributed by atoms with Crippen molar-refractivity contribution in [2.75, 3.05) is 4.90 Å². The van der Waals surface area contributed by atoms with Gasteiger partial charge in [0.2, 0.25) is 0 Å². The van der Waals surface area contributed by atoms with Crippen molar-refractivity contribution >= 4 is 35.2 Å². The summed E-state index contributed by atoms with van der Waals surface area (Å²) in [7, 11) is 0. The number of aromatic nitrogens is 3. The Hall–Kier alpha value is -4.30. The Balaban J connectivity index is 1.37. The first-order valence-corrected chi connectivity index (χ1v) is 14.7. The minimum Gasteiger partial charge on any atom is -0.465 e. The molecule has 0 aliphatic heterocycles. The molecule has 1 amide bonds. The number of aldehydes is 1. The van der Waals surface area contributed by atoms with E-state index in [1.54, 1.807) is 17.0 Å². The molecule has 0 unspecified atom stereocenters. The maximum absolute atomic E-state index is 12.8. The molecule has 0 saturated heterocycles. The van der Waals surface area contributed by atoms with Gasteiger partial charge in [0.15, 0.2) is 0 Å². The van der Waals surface area contributed by atoms with E-state index in [-0.39, 0.29) is 11.6 Å². The summed E-state index contributed by atoms with van der Waals surface area (Å²) in [5.41, 5.74) is 5.76. The molecule has 8 nitrogen and oxygen atoms in total. The van der Waals surface area contributed by atoms with Gasteiger partial charge in [0.05, 0.1) is 11.2 Å². The molecule has 0 radical (unpaired) electrons. The van der Waals surface area contributed by atoms with E-state index in [0.717, 1.165) is 66.3 Å². The predicted octanol–water partition coefficient (Wildman–Crippen LogP) is 7.20. The van der Waals surface area contributed by atoms with E-state index in [0.29, 0.717) is 23.7 Å². The zero-order chi connectivity index (χ0) is 29.7. The third-order valence-electron chi connectivity index (χ3n) is 7.76. The van der Waals surface area contributed by atoms with Crippen molar-refractivity contribution in [1.29, 1.82) is 0 Å². The van der Waals surface area contributed by atoms with E-state index in [4.69, 9.17) is 0 Å². The molecule has 1 aliphatic carbocycles. The van der Waals surface area contributed by atoms with Gasteiger partial charge in [0.1, 0.15) is 11.8 Å². The summed E-state index contributed by atoms with van der Waals surface area (Å²) in [6.07, 6.45) is 8.23. The molecule has 1 aliphatic rings. The van der Waals surface area contributed by atoms with Crippen molar-refractivity contribution in [3.63, 3.8) is 0 Å². The van der Waals surface area contributed by atoms with Gasteiger partial charge < -0.3 is 10.4 Å². The Bertz CT molecular complexity index is 1560. The number of amides is 1. The second-order valence-electron chi connectivity index (χ2n) is 12.1. The quantitative estimate of drug-likeness (QED) is 0.208. The van der Waals surface area contributed by atoms with Crippen LogP contribution in [0.25, 0.3) is 28.2 Å². The highest BCUT2D eigenvalue weighted by atomic mass is 16.4. The molecule has 8 heteroatoms. The van der Waals surface area contributed by atoms with Crippen LogP contribution >= 0.6 is 0 Å². The average Bonchev–Trinajstić information content (AvgIpc) is 3.38. The molecule has 1 fully saturated rings. The Labute approximate surface area is 247 Å². The van der Waals surface area contributed by atoms with Crippen molar-refractivity contribution in [2.45, 2.75) is 77.0 Å². The van der Waals surface area contributed by atoms with Gasteiger partial charge in [-0.2, -0.15) is 0 Å². The maximum atomic E-state index is 12.8. The van der Waals surface area contributed by atoms with Crippen LogP contribution in [-0.2, 0) is 6.54 Å². The standard InChI is InChI=1S/C34H39N5O3/c1-34(2,3)35-27-14-16-28(17-15-27)39(33(41)42)32-22-24(12-18-29(32)26-10-5-4-6-11-26)9-7-8-20-38-31-19-13-25(23-40)21-30(31)36-37-38/h4-7,9-13,18-19,21-23,27-28,35H,8,14-17,20H2,1-3H3,(H,41,42)/b9-7+. The normalized spacial score (nSPS) is 17.5. The molecule has 3 aromatic carbocycles. The smallest absolute Gasteiger partial charge is 0.412 e. The van der Waals surface area contributed by atoms with Crippen LogP contribution in [0.3, 0.4) is 0 Å². The van der Waals surface area contributed by atoms with Crippen molar-refractivity contribution in [1.82, 2.24) is 20.3 Å². The summed E-state index contributed by atoms with van der Waals surface area (Å²) in [5, 5.41) is 22.6. The van der Waals surface area contributed by atoms with E-state index in [1.165, 1.54) is 0 Å². The number of nitrogens with zero attached hydrogens (tertiary/aromatic N) is 4. The van der Waals surface area contributed by atoms with Crippen molar-refractivity contribution in [3.05, 3.63) is 83.9 Å². The number of carbonyl (C=O) groups excluding carboxylic acids is 1. The van der Waals surface area contributed by atoms with Gasteiger partial charge in [-0.05, 0) is 88.3 Å². The number of carbonyl (C=O) groups is 2.